The summed E-state index contributed by atoms with van der Waals surface area (Å²) >= 11 is 0. The summed E-state index contributed by atoms with van der Waals surface area (Å²) in [5.41, 5.74) is -0.172. The van der Waals surface area contributed by atoms with Gasteiger partial charge in [0, 0.05) is 6.54 Å². The summed E-state index contributed by atoms with van der Waals surface area (Å²) in [7, 11) is 0. The predicted octanol–water partition coefficient (Wildman–Crippen LogP) is 1.45. The fourth-order valence-electron chi connectivity index (χ4n) is 1.26. The minimum atomic E-state index is -4.38. The van der Waals surface area contributed by atoms with E-state index in [2.05, 4.69) is 5.32 Å². The molecule has 1 aromatic carbocycles. The summed E-state index contributed by atoms with van der Waals surface area (Å²) in [4.78, 5) is 20.8. The topological polar surface area (TPSA) is 66.4 Å². The van der Waals surface area contributed by atoms with Crippen LogP contribution in [0, 0.1) is 0 Å². The van der Waals surface area contributed by atoms with Crippen molar-refractivity contribution in [2.24, 2.45) is 0 Å². The number of carbonyl (C=O) groups excluding carboxylic acids is 1. The number of nitrogens with one attached hydrogen (secondary N) is 1. The molecule has 0 aliphatic carbocycles. The van der Waals surface area contributed by atoms with Crippen LogP contribution in [0.5, 0.6) is 0 Å². The van der Waals surface area contributed by atoms with Gasteiger partial charge >= 0.3 is 18.1 Å². The second-order valence-electron chi connectivity index (χ2n) is 3.51. The molecule has 0 atom stereocenters. The number of alkyl halides is 3. The molecule has 1 rings (SSSR count). The summed E-state index contributed by atoms with van der Waals surface area (Å²) in [6, 6.07) is 4.45. The van der Waals surface area contributed by atoms with E-state index in [0.717, 1.165) is 12.1 Å². The molecule has 0 aliphatic rings. The van der Waals surface area contributed by atoms with Crippen LogP contribution in [0.15, 0.2) is 24.3 Å². The number of halogens is 3. The van der Waals surface area contributed by atoms with Gasteiger partial charge in [-0.25, -0.2) is 4.79 Å². The van der Waals surface area contributed by atoms with Gasteiger partial charge in [-0.2, -0.15) is 13.2 Å². The molecule has 0 bridgehead atoms. The lowest BCUT2D eigenvalue weighted by Crippen LogP contribution is -2.32. The largest absolute Gasteiger partial charge is 0.474 e. The Labute approximate surface area is 100 Å². The molecule has 0 saturated carbocycles. The summed E-state index contributed by atoms with van der Waals surface area (Å²) < 4.78 is 36.7. The van der Waals surface area contributed by atoms with Gasteiger partial charge in [-0.3, -0.25) is 4.79 Å². The van der Waals surface area contributed by atoms with E-state index >= 15 is 0 Å². The maximum absolute atomic E-state index is 12.2. The van der Waals surface area contributed by atoms with E-state index < -0.39 is 23.6 Å². The lowest BCUT2D eigenvalue weighted by atomic mass is 10.1. The van der Waals surface area contributed by atoms with Crippen LogP contribution < -0.4 is 5.32 Å². The Balaban J connectivity index is 2.50. The van der Waals surface area contributed by atoms with Crippen molar-refractivity contribution in [3.63, 3.8) is 0 Å². The third kappa shape index (κ3) is 4.08. The Morgan fingerprint density at radius 3 is 2.17 bits per heavy atom. The third-order valence-corrected chi connectivity index (χ3v) is 2.17. The van der Waals surface area contributed by atoms with Gasteiger partial charge in [0.05, 0.1) is 5.56 Å². The van der Waals surface area contributed by atoms with Crippen molar-refractivity contribution < 1.29 is 27.9 Å². The summed E-state index contributed by atoms with van der Waals surface area (Å²) in [5, 5.41) is 10.4. The molecule has 0 unspecified atom stereocenters. The highest BCUT2D eigenvalue weighted by atomic mass is 19.4. The van der Waals surface area contributed by atoms with Crippen LogP contribution in [0.1, 0.15) is 11.1 Å². The van der Waals surface area contributed by atoms with E-state index in [9.17, 15) is 22.8 Å². The lowest BCUT2D eigenvalue weighted by Gasteiger charge is -2.07. The molecular formula is C11H10F3NO3. The zero-order valence-electron chi connectivity index (χ0n) is 9.12. The van der Waals surface area contributed by atoms with Crippen molar-refractivity contribution in [1.29, 1.82) is 0 Å². The lowest BCUT2D eigenvalue weighted by molar-refractivity contribution is -0.150. The summed E-state index contributed by atoms with van der Waals surface area (Å²) in [5.74, 6) is -2.73. The number of aliphatic carboxylic acids is 1. The number of hydrogen-bond acceptors (Lipinski definition) is 2. The number of carbonyl (C=O) groups is 2. The van der Waals surface area contributed by atoms with Crippen LogP contribution in [-0.2, 0) is 22.2 Å². The molecular weight excluding hydrogens is 251 g/mol. The fourth-order valence-corrected chi connectivity index (χ4v) is 1.26. The average molecular weight is 261 g/mol. The molecule has 98 valence electrons. The highest BCUT2D eigenvalue weighted by Gasteiger charge is 2.29. The minimum Gasteiger partial charge on any atom is -0.474 e. The van der Waals surface area contributed by atoms with Crippen LogP contribution >= 0.6 is 0 Å². The molecule has 4 nitrogen and oxygen atoms in total. The fraction of sp³-hybridized carbons (Fsp3) is 0.273. The number of amides is 1. The van der Waals surface area contributed by atoms with Crippen molar-refractivity contribution in [3.8, 4) is 0 Å². The highest BCUT2D eigenvalue weighted by molar-refractivity contribution is 6.31. The molecule has 2 N–H and O–H groups in total. The first-order chi connectivity index (χ1) is 8.30. The average Bonchev–Trinajstić information content (AvgIpc) is 2.28. The van der Waals surface area contributed by atoms with Crippen molar-refractivity contribution in [3.05, 3.63) is 35.4 Å². The van der Waals surface area contributed by atoms with E-state index in [1.165, 1.54) is 12.1 Å². The smallest absolute Gasteiger partial charge is 0.416 e. The number of rotatable bonds is 3. The maximum atomic E-state index is 12.2. The number of hydrogen-bond donors (Lipinski definition) is 2. The number of carboxylic acids is 1. The Bertz CT molecular complexity index is 440. The zero-order valence-corrected chi connectivity index (χ0v) is 9.12. The van der Waals surface area contributed by atoms with Gasteiger partial charge in [-0.05, 0) is 24.1 Å². The maximum Gasteiger partial charge on any atom is 0.416 e. The molecule has 0 saturated heterocycles. The molecule has 0 radical (unpaired) electrons. The van der Waals surface area contributed by atoms with Crippen LogP contribution in [0.3, 0.4) is 0 Å². The molecule has 0 spiro atoms. The van der Waals surface area contributed by atoms with E-state index in [0.29, 0.717) is 5.56 Å². The van der Waals surface area contributed by atoms with E-state index in [1.807, 2.05) is 0 Å². The third-order valence-electron chi connectivity index (χ3n) is 2.17. The van der Waals surface area contributed by atoms with Gasteiger partial charge in [0.15, 0.2) is 0 Å². The van der Waals surface area contributed by atoms with Gasteiger partial charge in [-0.15, -0.1) is 0 Å². The zero-order chi connectivity index (χ0) is 13.8. The molecule has 0 fully saturated rings. The molecule has 7 heteroatoms. The summed E-state index contributed by atoms with van der Waals surface area (Å²) in [6.07, 6.45) is -4.12. The Morgan fingerprint density at radius 2 is 1.72 bits per heavy atom. The summed E-state index contributed by atoms with van der Waals surface area (Å²) in [6.45, 7) is 0.0521. The normalized spacial score (nSPS) is 11.1. The number of benzene rings is 1. The van der Waals surface area contributed by atoms with E-state index in [4.69, 9.17) is 5.11 Å². The van der Waals surface area contributed by atoms with Crippen LogP contribution in [0.2, 0.25) is 0 Å². The quantitative estimate of drug-likeness (QED) is 0.809. The molecule has 18 heavy (non-hydrogen) atoms. The van der Waals surface area contributed by atoms with Crippen molar-refractivity contribution in [2.75, 3.05) is 6.54 Å². The Morgan fingerprint density at radius 1 is 1.17 bits per heavy atom. The molecule has 0 aromatic heterocycles. The van der Waals surface area contributed by atoms with Gasteiger partial charge < -0.3 is 10.4 Å². The molecule has 0 heterocycles. The first-order valence-corrected chi connectivity index (χ1v) is 4.98. The highest BCUT2D eigenvalue weighted by Crippen LogP contribution is 2.29. The molecule has 1 amide bonds. The Kier molecular flexibility index (Phi) is 4.30. The molecule has 1 aromatic rings. The van der Waals surface area contributed by atoms with Crippen molar-refractivity contribution in [1.82, 2.24) is 5.32 Å². The van der Waals surface area contributed by atoms with Gasteiger partial charge in [0.2, 0.25) is 0 Å². The SMILES string of the molecule is O=C(O)C(=O)NCCc1ccc(C(F)(F)F)cc1. The second kappa shape index (κ2) is 5.52. The van der Waals surface area contributed by atoms with Crippen LogP contribution in [0.4, 0.5) is 13.2 Å². The van der Waals surface area contributed by atoms with Crippen LogP contribution in [-0.4, -0.2) is 23.5 Å². The molecule has 0 aliphatic heterocycles. The first kappa shape index (κ1) is 14.0. The predicted molar refractivity (Wildman–Crippen MR) is 55.8 cm³/mol. The van der Waals surface area contributed by atoms with Gasteiger partial charge in [-0.1, -0.05) is 12.1 Å². The van der Waals surface area contributed by atoms with Gasteiger partial charge in [0.1, 0.15) is 0 Å². The monoisotopic (exact) mass is 261 g/mol. The Hall–Kier alpha value is -2.05. The minimum absolute atomic E-state index is 0.0521. The van der Waals surface area contributed by atoms with Crippen molar-refractivity contribution >= 4 is 11.9 Å². The first-order valence-electron chi connectivity index (χ1n) is 4.98. The second-order valence-corrected chi connectivity index (χ2v) is 3.51. The standard InChI is InChI=1S/C11H10F3NO3/c12-11(13,14)8-3-1-7(2-4-8)5-6-15-9(16)10(17)18/h1-4H,5-6H2,(H,15,16)(H,17,18). The number of carboxylic acid groups (broad SMARTS) is 1. The van der Waals surface area contributed by atoms with Gasteiger partial charge in [0.25, 0.3) is 0 Å². The van der Waals surface area contributed by atoms with E-state index in [1.54, 1.807) is 0 Å². The van der Waals surface area contributed by atoms with Crippen LogP contribution in [0.25, 0.3) is 0 Å². The van der Waals surface area contributed by atoms with Crippen molar-refractivity contribution in [2.45, 2.75) is 12.6 Å². The van der Waals surface area contributed by atoms with E-state index in [-0.39, 0.29) is 13.0 Å².